The van der Waals surface area contributed by atoms with Crippen molar-refractivity contribution in [3.8, 4) is 0 Å². The molecule has 112 valence electrons. The van der Waals surface area contributed by atoms with Gasteiger partial charge < -0.3 is 15.0 Å². The van der Waals surface area contributed by atoms with Crippen LogP contribution >= 0.6 is 0 Å². The Kier molecular flexibility index (Phi) is 4.06. The Hall–Kier alpha value is -1.52. The summed E-state index contributed by atoms with van der Waals surface area (Å²) < 4.78 is 5.48. The molecule has 20 heavy (non-hydrogen) atoms. The summed E-state index contributed by atoms with van der Waals surface area (Å²) in [4.78, 5) is 25.5. The first-order valence-electron chi connectivity index (χ1n) is 7.24. The maximum absolute atomic E-state index is 12.3. The van der Waals surface area contributed by atoms with E-state index in [0.717, 1.165) is 25.7 Å². The first kappa shape index (κ1) is 14.9. The summed E-state index contributed by atoms with van der Waals surface area (Å²) in [5, 5.41) is 2.94. The van der Waals surface area contributed by atoms with Crippen LogP contribution in [-0.2, 0) is 9.53 Å². The van der Waals surface area contributed by atoms with Crippen LogP contribution in [0.5, 0.6) is 0 Å². The molecule has 3 atom stereocenters. The molecule has 2 bridgehead atoms. The number of nitrogens with one attached hydrogen (secondary N) is 1. The van der Waals surface area contributed by atoms with Gasteiger partial charge in [-0.1, -0.05) is 6.58 Å². The lowest BCUT2D eigenvalue weighted by Gasteiger charge is -2.39. The zero-order valence-corrected chi connectivity index (χ0v) is 12.5. The van der Waals surface area contributed by atoms with Gasteiger partial charge in [0, 0.05) is 18.1 Å². The molecule has 2 rings (SSSR count). The lowest BCUT2D eigenvalue weighted by Crippen LogP contribution is -2.53. The quantitative estimate of drug-likeness (QED) is 0.789. The van der Waals surface area contributed by atoms with E-state index < -0.39 is 5.60 Å². The van der Waals surface area contributed by atoms with E-state index in [1.54, 1.807) is 0 Å². The minimum Gasteiger partial charge on any atom is -0.444 e. The van der Waals surface area contributed by atoms with E-state index in [4.69, 9.17) is 4.74 Å². The van der Waals surface area contributed by atoms with E-state index in [9.17, 15) is 9.59 Å². The largest absolute Gasteiger partial charge is 0.444 e. The van der Waals surface area contributed by atoms with Gasteiger partial charge in [0.2, 0.25) is 5.91 Å². The molecule has 5 heteroatoms. The van der Waals surface area contributed by atoms with Crippen LogP contribution in [0.2, 0.25) is 0 Å². The van der Waals surface area contributed by atoms with Crippen molar-refractivity contribution in [2.24, 2.45) is 0 Å². The third-order valence-electron chi connectivity index (χ3n) is 3.87. The average Bonchev–Trinajstić information content (AvgIpc) is 2.59. The normalized spacial score (nSPS) is 28.9. The number of rotatable bonds is 2. The summed E-state index contributed by atoms with van der Waals surface area (Å²) in [6.45, 7) is 9.10. The predicted octanol–water partition coefficient (Wildman–Crippen LogP) is 2.22. The van der Waals surface area contributed by atoms with Crippen LogP contribution < -0.4 is 5.32 Å². The lowest BCUT2D eigenvalue weighted by atomic mass is 9.97. The first-order valence-corrected chi connectivity index (χ1v) is 7.24. The van der Waals surface area contributed by atoms with Gasteiger partial charge in [-0.25, -0.2) is 4.79 Å². The number of carbonyl (C=O) groups is 2. The van der Waals surface area contributed by atoms with Gasteiger partial charge in [0.25, 0.3) is 0 Å². The molecule has 0 aliphatic carbocycles. The molecule has 0 saturated carbocycles. The van der Waals surface area contributed by atoms with Crippen LogP contribution in [0.25, 0.3) is 0 Å². The van der Waals surface area contributed by atoms with Crippen molar-refractivity contribution in [1.82, 2.24) is 10.2 Å². The molecular formula is C15H24N2O3. The Bertz CT molecular complexity index is 400. The van der Waals surface area contributed by atoms with Crippen molar-refractivity contribution in [1.29, 1.82) is 0 Å². The van der Waals surface area contributed by atoms with Gasteiger partial charge in [0.1, 0.15) is 5.60 Å². The molecule has 0 radical (unpaired) electrons. The van der Waals surface area contributed by atoms with Crippen molar-refractivity contribution in [2.45, 2.75) is 70.2 Å². The number of piperidine rings is 1. The van der Waals surface area contributed by atoms with E-state index in [2.05, 4.69) is 11.9 Å². The van der Waals surface area contributed by atoms with Gasteiger partial charge in [0.05, 0.1) is 0 Å². The fourth-order valence-electron chi connectivity index (χ4n) is 3.17. The van der Waals surface area contributed by atoms with Crippen LogP contribution in [-0.4, -0.2) is 40.6 Å². The third kappa shape index (κ3) is 3.32. The second-order valence-corrected chi connectivity index (χ2v) is 6.65. The smallest absolute Gasteiger partial charge is 0.410 e. The number of hydrogen-bond acceptors (Lipinski definition) is 3. The van der Waals surface area contributed by atoms with E-state index in [1.165, 1.54) is 6.08 Å². The summed E-state index contributed by atoms with van der Waals surface area (Å²) in [5.74, 6) is -0.139. The molecule has 2 aliphatic heterocycles. The summed E-state index contributed by atoms with van der Waals surface area (Å²) >= 11 is 0. The molecule has 2 fully saturated rings. The van der Waals surface area contributed by atoms with Crippen molar-refractivity contribution in [3.63, 3.8) is 0 Å². The van der Waals surface area contributed by atoms with Crippen molar-refractivity contribution >= 4 is 12.0 Å². The summed E-state index contributed by atoms with van der Waals surface area (Å²) in [6.07, 6.45) is 4.65. The average molecular weight is 280 g/mol. The Labute approximate surface area is 120 Å². The molecule has 0 spiro atoms. The fraction of sp³-hybridized carbons (Fsp3) is 0.733. The highest BCUT2D eigenvalue weighted by molar-refractivity contribution is 5.87. The molecule has 0 aromatic heterocycles. The molecule has 1 unspecified atom stereocenters. The Morgan fingerprint density at radius 3 is 2.25 bits per heavy atom. The van der Waals surface area contributed by atoms with Crippen LogP contribution in [0.1, 0.15) is 46.5 Å². The monoisotopic (exact) mass is 280 g/mol. The van der Waals surface area contributed by atoms with E-state index in [1.807, 2.05) is 25.7 Å². The maximum atomic E-state index is 12.3. The number of ether oxygens (including phenoxy) is 1. The molecule has 5 nitrogen and oxygen atoms in total. The van der Waals surface area contributed by atoms with Gasteiger partial charge in [-0.2, -0.15) is 0 Å². The topological polar surface area (TPSA) is 58.6 Å². The lowest BCUT2D eigenvalue weighted by molar-refractivity contribution is -0.117. The Morgan fingerprint density at radius 2 is 1.80 bits per heavy atom. The minimum absolute atomic E-state index is 0.136. The van der Waals surface area contributed by atoms with Crippen LogP contribution in [0, 0.1) is 0 Å². The zero-order chi connectivity index (χ0) is 14.9. The standard InChI is InChI=1S/C15H24N2O3/c1-5-13(18)16-10-8-11-6-7-12(9-10)17(11)14(19)20-15(2,3)4/h5,10-12H,1,6-9H2,2-4H3,(H,16,18)/t10?,11-,12+. The van der Waals surface area contributed by atoms with Gasteiger partial charge in [-0.3, -0.25) is 4.79 Å². The predicted molar refractivity (Wildman–Crippen MR) is 76.2 cm³/mol. The number of hydrogen-bond donors (Lipinski definition) is 1. The van der Waals surface area contributed by atoms with Crippen molar-refractivity contribution < 1.29 is 14.3 Å². The number of amides is 2. The Balaban J connectivity index is 1.98. The molecule has 0 aromatic carbocycles. The number of carbonyl (C=O) groups excluding carboxylic acids is 2. The van der Waals surface area contributed by atoms with Gasteiger partial charge in [0.15, 0.2) is 0 Å². The maximum Gasteiger partial charge on any atom is 0.410 e. The highest BCUT2D eigenvalue weighted by atomic mass is 16.6. The van der Waals surface area contributed by atoms with E-state index >= 15 is 0 Å². The number of nitrogens with zero attached hydrogens (tertiary/aromatic N) is 1. The highest BCUT2D eigenvalue weighted by Crippen LogP contribution is 2.36. The molecule has 2 saturated heterocycles. The fourth-order valence-corrected chi connectivity index (χ4v) is 3.17. The third-order valence-corrected chi connectivity index (χ3v) is 3.87. The molecular weight excluding hydrogens is 256 g/mol. The van der Waals surface area contributed by atoms with Crippen molar-refractivity contribution in [3.05, 3.63) is 12.7 Å². The first-order chi connectivity index (χ1) is 9.30. The second-order valence-electron chi connectivity index (χ2n) is 6.65. The highest BCUT2D eigenvalue weighted by Gasteiger charge is 2.44. The van der Waals surface area contributed by atoms with E-state index in [-0.39, 0.29) is 30.1 Å². The van der Waals surface area contributed by atoms with Crippen LogP contribution in [0.4, 0.5) is 4.79 Å². The van der Waals surface area contributed by atoms with Gasteiger partial charge in [-0.05, 0) is 52.5 Å². The van der Waals surface area contributed by atoms with Gasteiger partial charge in [-0.15, -0.1) is 0 Å². The molecule has 2 amide bonds. The zero-order valence-electron chi connectivity index (χ0n) is 12.5. The second kappa shape index (κ2) is 5.46. The molecule has 0 aromatic rings. The van der Waals surface area contributed by atoms with Crippen molar-refractivity contribution in [2.75, 3.05) is 0 Å². The summed E-state index contributed by atoms with van der Waals surface area (Å²) in [7, 11) is 0. The van der Waals surface area contributed by atoms with Gasteiger partial charge >= 0.3 is 6.09 Å². The SMILES string of the molecule is C=CC(=O)NC1C[C@H]2CC[C@@H](C1)N2C(=O)OC(C)(C)C. The Morgan fingerprint density at radius 1 is 1.25 bits per heavy atom. The van der Waals surface area contributed by atoms with E-state index in [0.29, 0.717) is 0 Å². The molecule has 2 heterocycles. The molecule has 2 aliphatic rings. The van der Waals surface area contributed by atoms with Crippen LogP contribution in [0.15, 0.2) is 12.7 Å². The number of fused-ring (bicyclic) bond motifs is 2. The summed E-state index contributed by atoms with van der Waals surface area (Å²) in [6, 6.07) is 0.495. The summed E-state index contributed by atoms with van der Waals surface area (Å²) in [5.41, 5.74) is -0.468. The minimum atomic E-state index is -0.468. The molecule has 1 N–H and O–H groups in total. The van der Waals surface area contributed by atoms with Crippen LogP contribution in [0.3, 0.4) is 0 Å².